The number of benzene rings is 1. The predicted molar refractivity (Wildman–Crippen MR) is 65.7 cm³/mol. The Balaban J connectivity index is 2.28. The van der Waals surface area contributed by atoms with Crippen molar-refractivity contribution in [2.24, 2.45) is 0 Å². The molecule has 0 aliphatic heterocycles. The second-order valence-corrected chi connectivity index (χ2v) is 3.79. The van der Waals surface area contributed by atoms with Crippen LogP contribution in [0.5, 0.6) is 5.75 Å². The van der Waals surface area contributed by atoms with E-state index in [9.17, 15) is 4.39 Å². The van der Waals surface area contributed by atoms with Gasteiger partial charge < -0.3 is 14.7 Å². The topological polar surface area (TPSA) is 32.7 Å². The summed E-state index contributed by atoms with van der Waals surface area (Å²) >= 11 is 0. The second kappa shape index (κ2) is 8.03. The summed E-state index contributed by atoms with van der Waals surface area (Å²) in [6.45, 7) is 5.20. The Kier molecular flexibility index (Phi) is 6.58. The van der Waals surface area contributed by atoms with E-state index in [1.165, 1.54) is 6.07 Å². The molecule has 0 fully saturated rings. The number of halogens is 1. The molecule has 3 nitrogen and oxygen atoms in total. The lowest BCUT2D eigenvalue weighted by atomic mass is 10.3. The number of aliphatic hydroxyl groups is 1. The summed E-state index contributed by atoms with van der Waals surface area (Å²) in [4.78, 5) is 2.16. The highest BCUT2D eigenvalue weighted by atomic mass is 19.1. The zero-order chi connectivity index (χ0) is 12.5. The Labute approximate surface area is 102 Å². The maximum absolute atomic E-state index is 13.2. The first-order chi connectivity index (χ1) is 8.27. The van der Waals surface area contributed by atoms with Gasteiger partial charge in [-0.05, 0) is 25.1 Å². The summed E-state index contributed by atoms with van der Waals surface area (Å²) in [7, 11) is 0. The molecular formula is C13H20FNO2. The first-order valence-corrected chi connectivity index (χ1v) is 5.98. The number of nitrogens with zero attached hydrogens (tertiary/aromatic N) is 1. The van der Waals surface area contributed by atoms with Crippen LogP contribution < -0.4 is 4.74 Å². The van der Waals surface area contributed by atoms with Gasteiger partial charge in [-0.15, -0.1) is 0 Å². The molecule has 0 atom stereocenters. The number of hydrogen-bond donors (Lipinski definition) is 1. The molecule has 0 saturated carbocycles. The lowest BCUT2D eigenvalue weighted by Gasteiger charge is -2.19. The van der Waals surface area contributed by atoms with Crippen molar-refractivity contribution in [1.82, 2.24) is 4.90 Å². The number of hydrogen-bond acceptors (Lipinski definition) is 3. The molecule has 4 heteroatoms. The fraction of sp³-hybridized carbons (Fsp3) is 0.538. The highest BCUT2D eigenvalue weighted by molar-refractivity contribution is 5.23. The maximum Gasteiger partial charge on any atom is 0.165 e. The second-order valence-electron chi connectivity index (χ2n) is 3.79. The van der Waals surface area contributed by atoms with Gasteiger partial charge in [-0.25, -0.2) is 4.39 Å². The van der Waals surface area contributed by atoms with Crippen LogP contribution in [0.4, 0.5) is 4.39 Å². The molecule has 1 rings (SSSR count). The van der Waals surface area contributed by atoms with Gasteiger partial charge in [0, 0.05) is 19.7 Å². The van der Waals surface area contributed by atoms with Crippen LogP contribution in [-0.4, -0.2) is 42.9 Å². The lowest BCUT2D eigenvalue weighted by molar-refractivity contribution is 0.192. The van der Waals surface area contributed by atoms with E-state index >= 15 is 0 Å². The van der Waals surface area contributed by atoms with Crippen LogP contribution in [0, 0.1) is 5.82 Å². The third-order valence-corrected chi connectivity index (χ3v) is 2.58. The molecule has 0 aliphatic rings. The predicted octanol–water partition coefficient (Wildman–Crippen LogP) is 1.91. The molecule has 17 heavy (non-hydrogen) atoms. The molecule has 0 spiro atoms. The Morgan fingerprint density at radius 1 is 1.29 bits per heavy atom. The van der Waals surface area contributed by atoms with Gasteiger partial charge in [-0.1, -0.05) is 19.1 Å². The van der Waals surface area contributed by atoms with Gasteiger partial charge in [0.2, 0.25) is 0 Å². The lowest BCUT2D eigenvalue weighted by Crippen LogP contribution is -2.29. The Morgan fingerprint density at radius 2 is 2.06 bits per heavy atom. The third-order valence-electron chi connectivity index (χ3n) is 2.58. The highest BCUT2D eigenvalue weighted by Gasteiger charge is 2.04. The SMILES string of the molecule is CCN(CCCO)CCOc1ccccc1F. The van der Waals surface area contributed by atoms with Gasteiger partial charge in [-0.2, -0.15) is 0 Å². The molecule has 0 radical (unpaired) electrons. The van der Waals surface area contributed by atoms with Gasteiger partial charge in [0.25, 0.3) is 0 Å². The molecule has 1 aromatic carbocycles. The summed E-state index contributed by atoms with van der Waals surface area (Å²) in [5.74, 6) is -0.0309. The monoisotopic (exact) mass is 241 g/mol. The van der Waals surface area contributed by atoms with E-state index in [2.05, 4.69) is 11.8 Å². The molecule has 0 bridgehead atoms. The van der Waals surface area contributed by atoms with Crippen molar-refractivity contribution in [3.05, 3.63) is 30.1 Å². The molecular weight excluding hydrogens is 221 g/mol. The van der Waals surface area contributed by atoms with Gasteiger partial charge in [0.05, 0.1) is 0 Å². The Hall–Kier alpha value is -1.13. The summed E-state index contributed by atoms with van der Waals surface area (Å²) in [6, 6.07) is 6.40. The minimum Gasteiger partial charge on any atom is -0.489 e. The number of likely N-dealkylation sites (N-methyl/N-ethyl adjacent to an activating group) is 1. The number of aliphatic hydroxyl groups excluding tert-OH is 1. The van der Waals surface area contributed by atoms with Crippen LogP contribution in [0.15, 0.2) is 24.3 Å². The van der Waals surface area contributed by atoms with E-state index in [0.29, 0.717) is 12.4 Å². The molecule has 0 unspecified atom stereocenters. The summed E-state index contributed by atoms with van der Waals surface area (Å²) in [5.41, 5.74) is 0. The number of ether oxygens (including phenoxy) is 1. The van der Waals surface area contributed by atoms with Crippen LogP contribution in [0.1, 0.15) is 13.3 Å². The van der Waals surface area contributed by atoms with E-state index in [4.69, 9.17) is 9.84 Å². The standard InChI is InChI=1S/C13H20FNO2/c1-2-15(8-5-10-16)9-11-17-13-7-4-3-6-12(13)14/h3-4,6-7,16H,2,5,8-11H2,1H3. The molecule has 0 heterocycles. The van der Waals surface area contributed by atoms with Crippen molar-refractivity contribution >= 4 is 0 Å². The molecule has 0 amide bonds. The van der Waals surface area contributed by atoms with Crippen LogP contribution in [0.2, 0.25) is 0 Å². The number of para-hydroxylation sites is 1. The third kappa shape index (κ3) is 5.15. The van der Waals surface area contributed by atoms with Gasteiger partial charge in [0.15, 0.2) is 11.6 Å². The molecule has 1 N–H and O–H groups in total. The van der Waals surface area contributed by atoms with Crippen LogP contribution in [0.25, 0.3) is 0 Å². The molecule has 1 aromatic rings. The molecule has 96 valence electrons. The highest BCUT2D eigenvalue weighted by Crippen LogP contribution is 2.14. The normalized spacial score (nSPS) is 10.8. The smallest absolute Gasteiger partial charge is 0.165 e. The van der Waals surface area contributed by atoms with E-state index in [1.54, 1.807) is 18.2 Å². The first kappa shape index (κ1) is 13.9. The summed E-state index contributed by atoms with van der Waals surface area (Å²) in [6.07, 6.45) is 0.757. The molecule has 0 aliphatic carbocycles. The van der Waals surface area contributed by atoms with Crippen molar-refractivity contribution in [1.29, 1.82) is 0 Å². The van der Waals surface area contributed by atoms with Crippen LogP contribution in [-0.2, 0) is 0 Å². The van der Waals surface area contributed by atoms with Crippen molar-refractivity contribution in [3.63, 3.8) is 0 Å². The molecule has 0 saturated heterocycles. The number of rotatable bonds is 8. The van der Waals surface area contributed by atoms with Crippen molar-refractivity contribution < 1.29 is 14.2 Å². The minimum absolute atomic E-state index is 0.199. The van der Waals surface area contributed by atoms with Gasteiger partial charge in [0.1, 0.15) is 6.61 Å². The average molecular weight is 241 g/mol. The molecule has 0 aromatic heterocycles. The quantitative estimate of drug-likeness (QED) is 0.754. The van der Waals surface area contributed by atoms with E-state index < -0.39 is 0 Å². The summed E-state index contributed by atoms with van der Waals surface area (Å²) < 4.78 is 18.6. The van der Waals surface area contributed by atoms with Crippen LogP contribution >= 0.6 is 0 Å². The first-order valence-electron chi connectivity index (χ1n) is 5.98. The van der Waals surface area contributed by atoms with E-state index in [-0.39, 0.29) is 12.4 Å². The minimum atomic E-state index is -0.328. The fourth-order valence-corrected chi connectivity index (χ4v) is 1.57. The zero-order valence-corrected chi connectivity index (χ0v) is 10.2. The Bertz CT molecular complexity index is 320. The zero-order valence-electron chi connectivity index (χ0n) is 10.2. The van der Waals surface area contributed by atoms with Gasteiger partial charge in [-0.3, -0.25) is 0 Å². The Morgan fingerprint density at radius 3 is 2.71 bits per heavy atom. The van der Waals surface area contributed by atoms with E-state index in [1.807, 2.05) is 0 Å². The van der Waals surface area contributed by atoms with Crippen molar-refractivity contribution in [2.75, 3.05) is 32.8 Å². The fourth-order valence-electron chi connectivity index (χ4n) is 1.57. The maximum atomic E-state index is 13.2. The van der Waals surface area contributed by atoms with Crippen LogP contribution in [0.3, 0.4) is 0 Å². The largest absolute Gasteiger partial charge is 0.489 e. The van der Waals surface area contributed by atoms with Crippen molar-refractivity contribution in [3.8, 4) is 5.75 Å². The van der Waals surface area contributed by atoms with E-state index in [0.717, 1.165) is 26.1 Å². The summed E-state index contributed by atoms with van der Waals surface area (Å²) in [5, 5.41) is 8.74. The van der Waals surface area contributed by atoms with Crippen molar-refractivity contribution in [2.45, 2.75) is 13.3 Å². The van der Waals surface area contributed by atoms with Gasteiger partial charge >= 0.3 is 0 Å². The average Bonchev–Trinajstić information content (AvgIpc) is 2.35.